The van der Waals surface area contributed by atoms with Gasteiger partial charge in [0.2, 0.25) is 0 Å². The molecule has 25 heavy (non-hydrogen) atoms. The molecule has 0 saturated heterocycles. The SMILES string of the molecule is CCCCCCc1nc2c(s1)-c1ccc(C3CCC(N)C3)cc1CC2. The van der Waals surface area contributed by atoms with Gasteiger partial charge in [0.1, 0.15) is 0 Å². The first kappa shape index (κ1) is 17.2. The molecule has 2 aromatic rings. The van der Waals surface area contributed by atoms with Crippen molar-refractivity contribution < 1.29 is 0 Å². The van der Waals surface area contributed by atoms with Gasteiger partial charge in [-0.15, -0.1) is 11.3 Å². The number of aryl methyl sites for hydroxylation is 3. The maximum absolute atomic E-state index is 6.12. The topological polar surface area (TPSA) is 38.9 Å². The van der Waals surface area contributed by atoms with Crippen LogP contribution >= 0.6 is 11.3 Å². The second kappa shape index (κ2) is 7.59. The summed E-state index contributed by atoms with van der Waals surface area (Å²) in [5.74, 6) is 0.678. The summed E-state index contributed by atoms with van der Waals surface area (Å²) < 4.78 is 0. The molecule has 0 radical (unpaired) electrons. The number of aromatic nitrogens is 1. The minimum absolute atomic E-state index is 0.407. The molecule has 2 atom stereocenters. The van der Waals surface area contributed by atoms with E-state index in [-0.39, 0.29) is 0 Å². The molecule has 0 spiro atoms. The summed E-state index contributed by atoms with van der Waals surface area (Å²) in [6, 6.07) is 7.61. The zero-order valence-corrected chi connectivity index (χ0v) is 16.2. The van der Waals surface area contributed by atoms with Gasteiger partial charge in [0.05, 0.1) is 15.6 Å². The second-order valence-electron chi connectivity index (χ2n) is 7.88. The number of thiazole rings is 1. The van der Waals surface area contributed by atoms with Crippen LogP contribution in [0.5, 0.6) is 0 Å². The smallest absolute Gasteiger partial charge is 0.0934 e. The zero-order valence-electron chi connectivity index (χ0n) is 15.4. The van der Waals surface area contributed by atoms with Crippen molar-refractivity contribution in [3.8, 4) is 10.4 Å². The minimum Gasteiger partial charge on any atom is -0.328 e. The highest BCUT2D eigenvalue weighted by molar-refractivity contribution is 7.15. The molecule has 1 fully saturated rings. The van der Waals surface area contributed by atoms with Gasteiger partial charge in [-0.1, -0.05) is 44.4 Å². The van der Waals surface area contributed by atoms with Crippen molar-refractivity contribution in [2.24, 2.45) is 5.73 Å². The molecule has 0 aliphatic heterocycles. The van der Waals surface area contributed by atoms with Gasteiger partial charge in [-0.25, -0.2) is 4.98 Å². The number of hydrogen-bond acceptors (Lipinski definition) is 3. The van der Waals surface area contributed by atoms with Crippen molar-refractivity contribution in [1.29, 1.82) is 0 Å². The first-order chi connectivity index (χ1) is 12.2. The van der Waals surface area contributed by atoms with Crippen molar-refractivity contribution >= 4 is 11.3 Å². The van der Waals surface area contributed by atoms with E-state index in [1.807, 2.05) is 11.3 Å². The van der Waals surface area contributed by atoms with Gasteiger partial charge in [-0.2, -0.15) is 0 Å². The zero-order chi connectivity index (χ0) is 17.2. The first-order valence-electron chi connectivity index (χ1n) is 10.1. The van der Waals surface area contributed by atoms with Gasteiger partial charge in [0.25, 0.3) is 0 Å². The van der Waals surface area contributed by atoms with E-state index in [1.165, 1.54) is 70.8 Å². The standard InChI is InChI=1S/C22H30N2S/c1-2-3-4-5-6-21-24-20-12-9-17-13-15(16-7-10-18(23)14-16)8-11-19(17)22(20)25-21/h8,11,13,16,18H,2-7,9-10,12,14,23H2,1H3. The molecule has 2 nitrogen and oxygen atoms in total. The van der Waals surface area contributed by atoms with Crippen molar-refractivity contribution in [3.05, 3.63) is 40.0 Å². The Morgan fingerprint density at radius 3 is 2.88 bits per heavy atom. The quantitative estimate of drug-likeness (QED) is 0.683. The van der Waals surface area contributed by atoms with Gasteiger partial charge in [-0.3, -0.25) is 0 Å². The fraction of sp³-hybridized carbons (Fsp3) is 0.591. The number of rotatable bonds is 6. The van der Waals surface area contributed by atoms with Crippen LogP contribution in [-0.2, 0) is 19.3 Å². The van der Waals surface area contributed by atoms with Crippen LogP contribution in [0.1, 0.15) is 79.6 Å². The number of fused-ring (bicyclic) bond motifs is 3. The molecule has 134 valence electrons. The van der Waals surface area contributed by atoms with Crippen LogP contribution in [0, 0.1) is 0 Å². The Balaban J connectivity index is 1.52. The molecule has 1 aromatic heterocycles. The highest BCUT2D eigenvalue weighted by atomic mass is 32.1. The molecule has 2 aliphatic rings. The maximum Gasteiger partial charge on any atom is 0.0934 e. The van der Waals surface area contributed by atoms with E-state index < -0.39 is 0 Å². The van der Waals surface area contributed by atoms with Crippen LogP contribution in [-0.4, -0.2) is 11.0 Å². The summed E-state index contributed by atoms with van der Waals surface area (Å²) in [5, 5.41) is 1.35. The molecule has 3 heteroatoms. The summed E-state index contributed by atoms with van der Waals surface area (Å²) in [6.45, 7) is 2.27. The largest absolute Gasteiger partial charge is 0.328 e. The van der Waals surface area contributed by atoms with E-state index in [1.54, 1.807) is 0 Å². The number of hydrogen-bond donors (Lipinski definition) is 1. The van der Waals surface area contributed by atoms with Gasteiger partial charge in [-0.05, 0) is 67.6 Å². The van der Waals surface area contributed by atoms with Gasteiger partial charge < -0.3 is 5.73 Å². The Hall–Kier alpha value is -1.19. The Kier molecular flexibility index (Phi) is 5.23. The molecule has 4 rings (SSSR count). The van der Waals surface area contributed by atoms with Gasteiger partial charge in [0, 0.05) is 6.04 Å². The average Bonchev–Trinajstić information content (AvgIpc) is 3.24. The predicted molar refractivity (Wildman–Crippen MR) is 107 cm³/mol. The Morgan fingerprint density at radius 1 is 1.16 bits per heavy atom. The molecular formula is C22H30N2S. The van der Waals surface area contributed by atoms with E-state index in [2.05, 4.69) is 25.1 Å². The van der Waals surface area contributed by atoms with Crippen LogP contribution < -0.4 is 5.73 Å². The van der Waals surface area contributed by atoms with Crippen LogP contribution in [0.3, 0.4) is 0 Å². The van der Waals surface area contributed by atoms with Gasteiger partial charge >= 0.3 is 0 Å². The first-order valence-corrected chi connectivity index (χ1v) is 10.9. The second-order valence-corrected chi connectivity index (χ2v) is 8.96. The van der Waals surface area contributed by atoms with E-state index in [9.17, 15) is 0 Å². The van der Waals surface area contributed by atoms with Crippen molar-refractivity contribution in [1.82, 2.24) is 4.98 Å². The fourth-order valence-electron chi connectivity index (χ4n) is 4.46. The van der Waals surface area contributed by atoms with Crippen molar-refractivity contribution in [2.75, 3.05) is 0 Å². The lowest BCUT2D eigenvalue weighted by Crippen LogP contribution is -2.14. The summed E-state index contributed by atoms with van der Waals surface area (Å²) >= 11 is 1.94. The highest BCUT2D eigenvalue weighted by Crippen LogP contribution is 2.41. The third-order valence-electron chi connectivity index (χ3n) is 5.94. The minimum atomic E-state index is 0.407. The third kappa shape index (κ3) is 3.68. The van der Waals surface area contributed by atoms with Crippen molar-refractivity contribution in [2.45, 2.75) is 83.1 Å². The van der Waals surface area contributed by atoms with E-state index in [0.29, 0.717) is 12.0 Å². The summed E-state index contributed by atoms with van der Waals surface area (Å²) in [7, 11) is 0. The Bertz CT molecular complexity index is 734. The van der Waals surface area contributed by atoms with Crippen LogP contribution in [0.2, 0.25) is 0 Å². The van der Waals surface area contributed by atoms with Crippen LogP contribution in [0.4, 0.5) is 0 Å². The predicted octanol–water partition coefficient (Wildman–Crippen LogP) is 5.63. The van der Waals surface area contributed by atoms with Crippen molar-refractivity contribution in [3.63, 3.8) is 0 Å². The van der Waals surface area contributed by atoms with Crippen LogP contribution in [0.25, 0.3) is 10.4 Å². The lowest BCUT2D eigenvalue weighted by atomic mass is 9.88. The summed E-state index contributed by atoms with van der Waals surface area (Å²) in [5.41, 5.74) is 12.0. The highest BCUT2D eigenvalue weighted by Gasteiger charge is 2.26. The Labute approximate surface area is 155 Å². The van der Waals surface area contributed by atoms with E-state index >= 15 is 0 Å². The van der Waals surface area contributed by atoms with E-state index in [4.69, 9.17) is 10.7 Å². The average molecular weight is 355 g/mol. The number of benzene rings is 1. The molecule has 1 aromatic carbocycles. The summed E-state index contributed by atoms with van der Waals surface area (Å²) in [4.78, 5) is 6.40. The normalized spacial score (nSPS) is 22.0. The summed E-state index contributed by atoms with van der Waals surface area (Å²) in [6.07, 6.45) is 12.3. The lowest BCUT2D eigenvalue weighted by Gasteiger charge is -2.18. The number of nitrogens with two attached hydrogens (primary N) is 1. The number of unbranched alkanes of at least 4 members (excludes halogenated alkanes) is 3. The number of nitrogens with zero attached hydrogens (tertiary/aromatic N) is 1. The molecule has 0 amide bonds. The molecule has 2 unspecified atom stereocenters. The molecular weight excluding hydrogens is 324 g/mol. The molecule has 1 saturated carbocycles. The molecule has 2 aliphatic carbocycles. The monoisotopic (exact) mass is 354 g/mol. The molecule has 2 N–H and O–H groups in total. The molecule has 1 heterocycles. The van der Waals surface area contributed by atoms with E-state index in [0.717, 1.165) is 25.7 Å². The molecule has 0 bridgehead atoms. The maximum atomic E-state index is 6.12. The fourth-order valence-corrected chi connectivity index (χ4v) is 5.67. The third-order valence-corrected chi connectivity index (χ3v) is 7.13. The van der Waals surface area contributed by atoms with Crippen LogP contribution in [0.15, 0.2) is 18.2 Å². The van der Waals surface area contributed by atoms with Gasteiger partial charge in [0.15, 0.2) is 0 Å². The lowest BCUT2D eigenvalue weighted by molar-refractivity contribution is 0.664. The Morgan fingerprint density at radius 2 is 2.08 bits per heavy atom.